The van der Waals surface area contributed by atoms with Gasteiger partial charge in [-0.3, -0.25) is 10.7 Å². The highest BCUT2D eigenvalue weighted by atomic mass is 32.2. The summed E-state index contributed by atoms with van der Waals surface area (Å²) in [6, 6.07) is 4.33. The lowest BCUT2D eigenvalue weighted by Crippen LogP contribution is -2.36. The molecule has 0 spiro atoms. The third-order valence-corrected chi connectivity index (χ3v) is 5.71. The van der Waals surface area contributed by atoms with Gasteiger partial charge in [0.15, 0.2) is 0 Å². The van der Waals surface area contributed by atoms with Crippen LogP contribution in [0.2, 0.25) is 0 Å². The maximum absolute atomic E-state index is 9.43. The van der Waals surface area contributed by atoms with Crippen molar-refractivity contribution >= 4 is 23.3 Å². The molecule has 1 aromatic rings. The maximum Gasteiger partial charge on any atom is 0.130 e. The molecule has 3 nitrogen and oxygen atoms in total. The predicted molar refractivity (Wildman–Crippen MR) is 79.5 cm³/mol. The highest BCUT2D eigenvalue weighted by molar-refractivity contribution is 8.00. The zero-order chi connectivity index (χ0) is 13.4. The van der Waals surface area contributed by atoms with Gasteiger partial charge < -0.3 is 0 Å². The Morgan fingerprint density at radius 2 is 2.05 bits per heavy atom. The van der Waals surface area contributed by atoms with Gasteiger partial charge >= 0.3 is 0 Å². The maximum atomic E-state index is 9.43. The molecule has 1 aromatic carbocycles. The molecule has 1 heterocycles. The van der Waals surface area contributed by atoms with Crippen molar-refractivity contribution in [1.82, 2.24) is 5.48 Å². The minimum atomic E-state index is 0.357. The average molecular weight is 276 g/mol. The van der Waals surface area contributed by atoms with Crippen molar-refractivity contribution in [3.8, 4) is 0 Å². The summed E-state index contributed by atoms with van der Waals surface area (Å²) in [4.78, 5) is 5.98. The molecule has 2 N–H and O–H groups in total. The highest BCUT2D eigenvalue weighted by Crippen LogP contribution is 2.45. The Hall–Kier alpha value is -1.000. The Morgan fingerprint density at radius 3 is 2.84 bits per heavy atom. The molecule has 2 unspecified atom stereocenters. The van der Waals surface area contributed by atoms with Crippen LogP contribution in [0.1, 0.15) is 36.8 Å². The molecule has 0 bridgehead atoms. The first-order chi connectivity index (χ1) is 9.19. The van der Waals surface area contributed by atoms with Crippen molar-refractivity contribution in [2.45, 2.75) is 49.7 Å². The number of hydrogen-bond donors (Lipinski definition) is 2. The number of nitrogens with one attached hydrogen (secondary N) is 1. The van der Waals surface area contributed by atoms with Crippen molar-refractivity contribution in [2.75, 3.05) is 0 Å². The molecule has 1 aliphatic carbocycles. The van der Waals surface area contributed by atoms with Crippen LogP contribution in [0, 0.1) is 19.8 Å². The van der Waals surface area contributed by atoms with Gasteiger partial charge in [-0.25, -0.2) is 4.99 Å². The van der Waals surface area contributed by atoms with Crippen LogP contribution in [0.3, 0.4) is 0 Å². The summed E-state index contributed by atoms with van der Waals surface area (Å²) in [6.07, 6.45) is 4.85. The number of hydroxylamine groups is 1. The molecule has 0 aromatic heterocycles. The van der Waals surface area contributed by atoms with E-state index in [0.29, 0.717) is 11.2 Å². The van der Waals surface area contributed by atoms with E-state index in [2.05, 4.69) is 31.5 Å². The van der Waals surface area contributed by atoms with E-state index >= 15 is 0 Å². The van der Waals surface area contributed by atoms with Crippen molar-refractivity contribution in [3.63, 3.8) is 0 Å². The van der Waals surface area contributed by atoms with E-state index < -0.39 is 0 Å². The van der Waals surface area contributed by atoms with E-state index in [4.69, 9.17) is 4.99 Å². The first kappa shape index (κ1) is 13.0. The van der Waals surface area contributed by atoms with Gasteiger partial charge in [0.25, 0.3) is 0 Å². The molecule has 0 saturated heterocycles. The first-order valence-electron chi connectivity index (χ1n) is 6.95. The molecule has 1 fully saturated rings. The van der Waals surface area contributed by atoms with E-state index in [-0.39, 0.29) is 0 Å². The Labute approximate surface area is 118 Å². The molecular weight excluding hydrogens is 256 g/mol. The van der Waals surface area contributed by atoms with Gasteiger partial charge in [-0.15, -0.1) is 11.8 Å². The van der Waals surface area contributed by atoms with Gasteiger partial charge in [0.1, 0.15) is 5.84 Å². The van der Waals surface area contributed by atoms with E-state index in [1.165, 1.54) is 35.3 Å². The summed E-state index contributed by atoms with van der Waals surface area (Å²) >= 11 is 1.95. The van der Waals surface area contributed by atoms with Gasteiger partial charge in [0.05, 0.1) is 5.69 Å². The van der Waals surface area contributed by atoms with Crippen LogP contribution in [-0.2, 0) is 0 Å². The highest BCUT2D eigenvalue weighted by Gasteiger charge is 2.33. The molecule has 1 aliphatic heterocycles. The number of hydrogen-bond acceptors (Lipinski definition) is 4. The summed E-state index contributed by atoms with van der Waals surface area (Å²) in [6.45, 7) is 4.25. The Balaban J connectivity index is 2.10. The van der Waals surface area contributed by atoms with Crippen LogP contribution in [-0.4, -0.2) is 16.3 Å². The molecule has 19 heavy (non-hydrogen) atoms. The monoisotopic (exact) mass is 276 g/mol. The van der Waals surface area contributed by atoms with Gasteiger partial charge in [0, 0.05) is 16.1 Å². The quantitative estimate of drug-likeness (QED) is 0.705. The second kappa shape index (κ2) is 5.17. The number of nitrogens with zero attached hydrogens (tertiary/aromatic N) is 1. The van der Waals surface area contributed by atoms with E-state index in [1.807, 2.05) is 11.8 Å². The minimum Gasteiger partial charge on any atom is -0.290 e. The fraction of sp³-hybridized carbons (Fsp3) is 0.533. The Morgan fingerprint density at radius 1 is 1.26 bits per heavy atom. The Bertz CT molecular complexity index is 527. The average Bonchev–Trinajstić information content (AvgIpc) is 2.55. The molecule has 102 valence electrons. The second-order valence-corrected chi connectivity index (χ2v) is 6.84. The lowest BCUT2D eigenvalue weighted by molar-refractivity contribution is 0.223. The summed E-state index contributed by atoms with van der Waals surface area (Å²) in [5.74, 6) is 1.11. The van der Waals surface area contributed by atoms with E-state index in [0.717, 1.165) is 17.9 Å². The molecular formula is C15H20N2OS. The normalized spacial score (nSPS) is 25.9. The molecule has 0 amide bonds. The lowest BCUT2D eigenvalue weighted by atomic mass is 9.88. The predicted octanol–water partition coefficient (Wildman–Crippen LogP) is 3.98. The number of aliphatic imine (C=N–C) groups is 1. The van der Waals surface area contributed by atoms with Crippen LogP contribution in [0.15, 0.2) is 22.0 Å². The third-order valence-electron chi connectivity index (χ3n) is 4.08. The molecule has 1 saturated carbocycles. The molecule has 2 aliphatic rings. The number of benzene rings is 1. The standard InChI is InChI=1S/C15H20N2OS/c1-9-7-10(2)14-12(8-9)16-15(17-18)11-5-3-4-6-13(11)19-14/h7-8,11,13,18H,3-6H2,1-2H3,(H,16,17). The van der Waals surface area contributed by atoms with Crippen LogP contribution >= 0.6 is 11.8 Å². The van der Waals surface area contributed by atoms with E-state index in [1.54, 1.807) is 0 Å². The number of amidine groups is 1. The van der Waals surface area contributed by atoms with Crippen LogP contribution in [0.25, 0.3) is 0 Å². The van der Waals surface area contributed by atoms with Gasteiger partial charge in [-0.05, 0) is 43.9 Å². The fourth-order valence-electron chi connectivity index (χ4n) is 3.19. The number of aryl methyl sites for hydroxylation is 2. The van der Waals surface area contributed by atoms with Crippen molar-refractivity contribution < 1.29 is 5.21 Å². The van der Waals surface area contributed by atoms with Crippen LogP contribution in [0.5, 0.6) is 0 Å². The largest absolute Gasteiger partial charge is 0.290 e. The van der Waals surface area contributed by atoms with Crippen molar-refractivity contribution in [2.24, 2.45) is 10.9 Å². The number of fused-ring (bicyclic) bond motifs is 2. The molecule has 0 radical (unpaired) electrons. The van der Waals surface area contributed by atoms with Crippen LogP contribution < -0.4 is 5.48 Å². The Kier molecular flexibility index (Phi) is 3.54. The third kappa shape index (κ3) is 2.39. The van der Waals surface area contributed by atoms with Crippen molar-refractivity contribution in [1.29, 1.82) is 0 Å². The fourth-order valence-corrected chi connectivity index (χ4v) is 4.68. The smallest absolute Gasteiger partial charge is 0.130 e. The number of rotatable bonds is 0. The zero-order valence-electron chi connectivity index (χ0n) is 11.4. The zero-order valence-corrected chi connectivity index (χ0v) is 12.3. The summed E-state index contributed by atoms with van der Waals surface area (Å²) < 4.78 is 0. The summed E-state index contributed by atoms with van der Waals surface area (Å²) in [7, 11) is 0. The molecule has 3 rings (SSSR count). The van der Waals surface area contributed by atoms with Crippen molar-refractivity contribution in [3.05, 3.63) is 23.3 Å². The minimum absolute atomic E-state index is 0.357. The SMILES string of the molecule is Cc1cc(C)c2c(c1)N=C(NO)C1CCCCC1S2. The van der Waals surface area contributed by atoms with Gasteiger partial charge in [-0.1, -0.05) is 18.9 Å². The molecule has 4 heteroatoms. The van der Waals surface area contributed by atoms with Gasteiger partial charge in [-0.2, -0.15) is 0 Å². The summed E-state index contributed by atoms with van der Waals surface area (Å²) in [5, 5.41) is 9.97. The molecule has 2 atom stereocenters. The van der Waals surface area contributed by atoms with Crippen LogP contribution in [0.4, 0.5) is 5.69 Å². The lowest BCUT2D eigenvalue weighted by Gasteiger charge is -2.29. The topological polar surface area (TPSA) is 44.6 Å². The second-order valence-electron chi connectivity index (χ2n) is 5.59. The first-order valence-corrected chi connectivity index (χ1v) is 7.83. The summed E-state index contributed by atoms with van der Waals surface area (Å²) in [5.41, 5.74) is 5.89. The van der Waals surface area contributed by atoms with E-state index in [9.17, 15) is 5.21 Å². The van der Waals surface area contributed by atoms with Gasteiger partial charge in [0.2, 0.25) is 0 Å². The number of thioether (sulfide) groups is 1.